The number of ether oxygens (including phenoxy) is 1. The molecule has 1 atom stereocenters. The Bertz CT molecular complexity index is 430. The highest BCUT2D eigenvalue weighted by molar-refractivity contribution is 5.86. The van der Waals surface area contributed by atoms with Gasteiger partial charge in [-0.3, -0.25) is 4.90 Å². The monoisotopic (exact) mass is 247 g/mol. The van der Waals surface area contributed by atoms with Crippen LogP contribution in [0, 0.1) is 5.92 Å². The molecular formula is C14H17NO3. The van der Waals surface area contributed by atoms with Crippen LogP contribution in [0.3, 0.4) is 0 Å². The normalized spacial score (nSPS) is 30.8. The summed E-state index contributed by atoms with van der Waals surface area (Å²) in [6.45, 7) is 3.20. The Morgan fingerprint density at radius 2 is 2.28 bits per heavy atom. The van der Waals surface area contributed by atoms with Crippen molar-refractivity contribution in [3.63, 3.8) is 0 Å². The Hall–Kier alpha value is -1.55. The van der Waals surface area contributed by atoms with E-state index in [1.807, 2.05) is 0 Å². The van der Waals surface area contributed by atoms with Gasteiger partial charge < -0.3 is 9.15 Å². The predicted octanol–water partition coefficient (Wildman–Crippen LogP) is 1.93. The third-order valence-corrected chi connectivity index (χ3v) is 3.79. The second-order valence-electron chi connectivity index (χ2n) is 4.96. The Morgan fingerprint density at radius 1 is 1.44 bits per heavy atom. The summed E-state index contributed by atoms with van der Waals surface area (Å²) in [7, 11) is 0. The van der Waals surface area contributed by atoms with Gasteiger partial charge in [0, 0.05) is 12.6 Å². The lowest BCUT2D eigenvalue weighted by atomic mass is 9.86. The molecule has 0 spiro atoms. The van der Waals surface area contributed by atoms with Crippen molar-refractivity contribution in [2.24, 2.45) is 5.92 Å². The Balaban J connectivity index is 1.55. The third kappa shape index (κ3) is 2.48. The van der Waals surface area contributed by atoms with Gasteiger partial charge in [0.25, 0.3) is 0 Å². The second kappa shape index (κ2) is 4.98. The van der Waals surface area contributed by atoms with E-state index in [0.29, 0.717) is 11.7 Å². The fraction of sp³-hybridized carbons (Fsp3) is 0.500. The van der Waals surface area contributed by atoms with E-state index in [1.165, 1.54) is 6.08 Å². The van der Waals surface area contributed by atoms with E-state index in [1.54, 1.807) is 24.5 Å². The maximum absolute atomic E-state index is 11.7. The first-order chi connectivity index (χ1) is 8.81. The van der Waals surface area contributed by atoms with Crippen LogP contribution in [0.1, 0.15) is 18.6 Å². The van der Waals surface area contributed by atoms with E-state index in [-0.39, 0.29) is 12.1 Å². The van der Waals surface area contributed by atoms with Crippen LogP contribution in [0.15, 0.2) is 28.9 Å². The zero-order chi connectivity index (χ0) is 12.4. The van der Waals surface area contributed by atoms with Gasteiger partial charge in [0.15, 0.2) is 0 Å². The molecule has 4 rings (SSSR count). The van der Waals surface area contributed by atoms with Crippen molar-refractivity contribution in [1.82, 2.24) is 4.90 Å². The molecule has 1 unspecified atom stereocenters. The SMILES string of the molecule is O=C(/C=C/c1ccco1)OC1CN2CCC1CC2. The van der Waals surface area contributed by atoms with Gasteiger partial charge in [-0.1, -0.05) is 0 Å². The molecule has 3 fully saturated rings. The van der Waals surface area contributed by atoms with Gasteiger partial charge in [-0.15, -0.1) is 0 Å². The summed E-state index contributed by atoms with van der Waals surface area (Å²) in [5, 5.41) is 0. The molecule has 0 saturated carbocycles. The lowest BCUT2D eigenvalue weighted by Gasteiger charge is -2.43. The Kier molecular flexibility index (Phi) is 3.19. The maximum Gasteiger partial charge on any atom is 0.331 e. The molecule has 0 amide bonds. The molecule has 3 aliphatic rings. The molecule has 4 nitrogen and oxygen atoms in total. The minimum Gasteiger partial charge on any atom is -0.465 e. The van der Waals surface area contributed by atoms with Crippen LogP contribution in [0.5, 0.6) is 0 Å². The largest absolute Gasteiger partial charge is 0.465 e. The molecule has 0 N–H and O–H groups in total. The molecule has 0 radical (unpaired) electrons. The number of hydrogen-bond acceptors (Lipinski definition) is 4. The van der Waals surface area contributed by atoms with Crippen LogP contribution in [0.2, 0.25) is 0 Å². The van der Waals surface area contributed by atoms with E-state index >= 15 is 0 Å². The Morgan fingerprint density at radius 3 is 2.89 bits per heavy atom. The van der Waals surface area contributed by atoms with Crippen LogP contribution in [-0.4, -0.2) is 36.6 Å². The highest BCUT2D eigenvalue weighted by atomic mass is 16.5. The number of fused-ring (bicyclic) bond motifs is 3. The minimum absolute atomic E-state index is 0.0706. The summed E-state index contributed by atoms with van der Waals surface area (Å²) < 4.78 is 10.6. The van der Waals surface area contributed by atoms with Gasteiger partial charge in [0.2, 0.25) is 0 Å². The van der Waals surface area contributed by atoms with Crippen LogP contribution >= 0.6 is 0 Å². The molecule has 1 aromatic heterocycles. The summed E-state index contributed by atoms with van der Waals surface area (Å²) >= 11 is 0. The van der Waals surface area contributed by atoms with Crippen LogP contribution in [0.4, 0.5) is 0 Å². The smallest absolute Gasteiger partial charge is 0.331 e. The first-order valence-corrected chi connectivity index (χ1v) is 6.46. The van der Waals surface area contributed by atoms with E-state index < -0.39 is 0 Å². The minimum atomic E-state index is -0.273. The van der Waals surface area contributed by atoms with Crippen LogP contribution in [0.25, 0.3) is 6.08 Å². The molecule has 2 bridgehead atoms. The lowest BCUT2D eigenvalue weighted by molar-refractivity contribution is -0.152. The highest BCUT2D eigenvalue weighted by Crippen LogP contribution is 2.29. The van der Waals surface area contributed by atoms with Gasteiger partial charge in [-0.05, 0) is 50.1 Å². The van der Waals surface area contributed by atoms with Gasteiger partial charge in [-0.25, -0.2) is 4.79 Å². The van der Waals surface area contributed by atoms with E-state index in [9.17, 15) is 4.79 Å². The summed E-state index contributed by atoms with van der Waals surface area (Å²) in [6, 6.07) is 3.59. The summed E-state index contributed by atoms with van der Waals surface area (Å²) in [5.74, 6) is 0.946. The van der Waals surface area contributed by atoms with Crippen LogP contribution in [-0.2, 0) is 9.53 Å². The lowest BCUT2D eigenvalue weighted by Crippen LogP contribution is -2.51. The first kappa shape index (κ1) is 11.5. The standard InChI is InChI=1S/C14H17NO3/c16-14(4-3-12-2-1-9-17-12)18-13-10-15-7-5-11(13)6-8-15/h1-4,9,11,13H,5-8,10H2/b4-3+. The number of carbonyl (C=O) groups excluding carboxylic acids is 1. The Labute approximate surface area is 106 Å². The molecule has 0 aliphatic carbocycles. The molecule has 1 aromatic rings. The zero-order valence-electron chi connectivity index (χ0n) is 10.2. The first-order valence-electron chi connectivity index (χ1n) is 6.46. The van der Waals surface area contributed by atoms with Crippen molar-refractivity contribution >= 4 is 12.0 Å². The van der Waals surface area contributed by atoms with Crippen molar-refractivity contribution in [3.05, 3.63) is 30.2 Å². The average Bonchev–Trinajstić information content (AvgIpc) is 2.91. The molecule has 3 saturated heterocycles. The summed E-state index contributed by atoms with van der Waals surface area (Å²) in [5.41, 5.74) is 0. The van der Waals surface area contributed by atoms with Gasteiger partial charge in [0.05, 0.1) is 6.26 Å². The summed E-state index contributed by atoms with van der Waals surface area (Å²) in [6.07, 6.45) is 7.04. The molecule has 4 heteroatoms. The van der Waals surface area contributed by atoms with Gasteiger partial charge in [-0.2, -0.15) is 0 Å². The molecule has 18 heavy (non-hydrogen) atoms. The fourth-order valence-electron chi connectivity index (χ4n) is 2.77. The molecule has 96 valence electrons. The van der Waals surface area contributed by atoms with Crippen molar-refractivity contribution in [3.8, 4) is 0 Å². The number of hydrogen-bond donors (Lipinski definition) is 0. The molecule has 0 aromatic carbocycles. The summed E-state index contributed by atoms with van der Waals surface area (Å²) in [4.78, 5) is 14.1. The van der Waals surface area contributed by atoms with Crippen LogP contribution < -0.4 is 0 Å². The van der Waals surface area contributed by atoms with Crippen molar-refractivity contribution in [2.75, 3.05) is 19.6 Å². The fourth-order valence-corrected chi connectivity index (χ4v) is 2.77. The van der Waals surface area contributed by atoms with E-state index in [0.717, 1.165) is 32.5 Å². The molecule has 4 heterocycles. The van der Waals surface area contributed by atoms with Gasteiger partial charge >= 0.3 is 5.97 Å². The molecule has 3 aliphatic heterocycles. The molecular weight excluding hydrogens is 230 g/mol. The average molecular weight is 247 g/mol. The zero-order valence-corrected chi connectivity index (χ0v) is 10.2. The third-order valence-electron chi connectivity index (χ3n) is 3.79. The van der Waals surface area contributed by atoms with E-state index in [4.69, 9.17) is 9.15 Å². The number of esters is 1. The van der Waals surface area contributed by atoms with Crippen molar-refractivity contribution in [2.45, 2.75) is 18.9 Å². The topological polar surface area (TPSA) is 42.7 Å². The maximum atomic E-state index is 11.7. The predicted molar refractivity (Wildman–Crippen MR) is 66.8 cm³/mol. The van der Waals surface area contributed by atoms with Crippen molar-refractivity contribution in [1.29, 1.82) is 0 Å². The number of furan rings is 1. The second-order valence-corrected chi connectivity index (χ2v) is 4.96. The number of piperidine rings is 3. The van der Waals surface area contributed by atoms with Crippen molar-refractivity contribution < 1.29 is 13.9 Å². The quantitative estimate of drug-likeness (QED) is 0.604. The number of carbonyl (C=O) groups is 1. The van der Waals surface area contributed by atoms with Gasteiger partial charge in [0.1, 0.15) is 11.9 Å². The number of rotatable bonds is 3. The van der Waals surface area contributed by atoms with E-state index in [2.05, 4.69) is 4.90 Å². The number of nitrogens with zero attached hydrogens (tertiary/aromatic N) is 1. The highest BCUT2D eigenvalue weighted by Gasteiger charge is 2.36.